The maximum Gasteiger partial charge on any atom is 0.173 e. The van der Waals surface area contributed by atoms with Gasteiger partial charge in [-0.05, 0) is 58.3 Å². The normalized spacial score (nSPS) is 28.7. The summed E-state index contributed by atoms with van der Waals surface area (Å²) in [5.41, 5.74) is 2.40. The second-order valence-corrected chi connectivity index (χ2v) is 8.37. The van der Waals surface area contributed by atoms with Gasteiger partial charge in [-0.3, -0.25) is 9.59 Å². The van der Waals surface area contributed by atoms with Crippen LogP contribution in [0.25, 0.3) is 0 Å². The molecule has 0 aliphatic heterocycles. The first-order valence-electron chi connectivity index (χ1n) is 8.84. The summed E-state index contributed by atoms with van der Waals surface area (Å²) in [4.78, 5) is 25.8. The van der Waals surface area contributed by atoms with Gasteiger partial charge in [0.15, 0.2) is 11.6 Å². The number of Topliss-reactive ketones (excluding diaryl/α,β-unsaturated/α-hetero) is 2. The van der Waals surface area contributed by atoms with Crippen molar-refractivity contribution in [1.29, 1.82) is 0 Å². The summed E-state index contributed by atoms with van der Waals surface area (Å²) in [5, 5.41) is 10.6. The second kappa shape index (κ2) is 6.70. The molecule has 3 atom stereocenters. The lowest BCUT2D eigenvalue weighted by atomic mass is 9.53. The minimum Gasteiger partial charge on any atom is -0.511 e. The molecule has 0 aromatic rings. The van der Waals surface area contributed by atoms with Gasteiger partial charge in [0.25, 0.3) is 0 Å². The fourth-order valence-corrected chi connectivity index (χ4v) is 4.02. The van der Waals surface area contributed by atoms with Gasteiger partial charge in [-0.1, -0.05) is 37.1 Å². The number of hydrogen-bond acceptors (Lipinski definition) is 3. The zero-order chi connectivity index (χ0) is 18.2. The van der Waals surface area contributed by atoms with Gasteiger partial charge in [0, 0.05) is 5.57 Å². The van der Waals surface area contributed by atoms with Crippen LogP contribution in [-0.2, 0) is 9.59 Å². The maximum atomic E-state index is 13.0. The van der Waals surface area contributed by atoms with Crippen molar-refractivity contribution in [1.82, 2.24) is 0 Å². The zero-order valence-corrected chi connectivity index (χ0v) is 15.8. The number of aliphatic hydroxyl groups excluding tert-OH is 1. The predicted octanol–water partition coefficient (Wildman–Crippen LogP) is 4.94. The molecule has 0 saturated heterocycles. The van der Waals surface area contributed by atoms with Crippen molar-refractivity contribution >= 4 is 11.6 Å². The Labute approximate surface area is 145 Å². The zero-order valence-electron chi connectivity index (χ0n) is 15.8. The van der Waals surface area contributed by atoms with Crippen LogP contribution in [0, 0.1) is 23.2 Å². The van der Waals surface area contributed by atoms with Gasteiger partial charge in [0.05, 0.1) is 11.8 Å². The largest absolute Gasteiger partial charge is 0.511 e. The van der Waals surface area contributed by atoms with Crippen molar-refractivity contribution in [2.75, 3.05) is 0 Å². The number of fused-ring (bicyclic) bond motifs is 2. The molecule has 0 spiro atoms. The predicted molar refractivity (Wildman–Crippen MR) is 96.6 cm³/mol. The van der Waals surface area contributed by atoms with E-state index in [-0.39, 0.29) is 28.7 Å². The highest BCUT2D eigenvalue weighted by Gasteiger charge is 2.56. The minimum absolute atomic E-state index is 0.0245. The van der Waals surface area contributed by atoms with Crippen molar-refractivity contribution in [3.05, 3.63) is 34.6 Å². The van der Waals surface area contributed by atoms with Crippen LogP contribution in [0.3, 0.4) is 0 Å². The Balaban J connectivity index is 2.44. The molecule has 0 aromatic carbocycles. The first kappa shape index (κ1) is 18.7. The number of aliphatic hydroxyl groups is 1. The number of carbonyl (C=O) groups excluding carboxylic acids is 2. The molecule has 24 heavy (non-hydrogen) atoms. The van der Waals surface area contributed by atoms with Gasteiger partial charge in [0.2, 0.25) is 0 Å². The van der Waals surface area contributed by atoms with E-state index < -0.39 is 11.8 Å². The summed E-state index contributed by atoms with van der Waals surface area (Å²) < 4.78 is 0. The summed E-state index contributed by atoms with van der Waals surface area (Å²) in [5.74, 6) is -1.14. The molecule has 0 unspecified atom stereocenters. The molecule has 2 bridgehead atoms. The third-order valence-electron chi connectivity index (χ3n) is 5.67. The summed E-state index contributed by atoms with van der Waals surface area (Å²) in [6, 6.07) is 0. The topological polar surface area (TPSA) is 54.4 Å². The van der Waals surface area contributed by atoms with Crippen molar-refractivity contribution in [2.24, 2.45) is 23.2 Å². The molecule has 3 heteroatoms. The fourth-order valence-electron chi connectivity index (χ4n) is 4.02. The minimum atomic E-state index is -0.622. The molecule has 2 rings (SSSR count). The molecule has 0 amide bonds. The lowest BCUT2D eigenvalue weighted by molar-refractivity contribution is -0.147. The molecule has 1 N–H and O–H groups in total. The molecule has 0 radical (unpaired) electrons. The van der Waals surface area contributed by atoms with Crippen LogP contribution in [0.4, 0.5) is 0 Å². The second-order valence-electron chi connectivity index (χ2n) is 8.37. The Hall–Kier alpha value is -1.64. The van der Waals surface area contributed by atoms with Crippen LogP contribution in [-0.4, -0.2) is 16.7 Å². The van der Waals surface area contributed by atoms with Gasteiger partial charge < -0.3 is 5.11 Å². The van der Waals surface area contributed by atoms with Crippen LogP contribution in [0.2, 0.25) is 0 Å². The van der Waals surface area contributed by atoms with Gasteiger partial charge in [-0.2, -0.15) is 0 Å². The van der Waals surface area contributed by atoms with Crippen LogP contribution < -0.4 is 0 Å². The van der Waals surface area contributed by atoms with Crippen molar-refractivity contribution < 1.29 is 14.7 Å². The third kappa shape index (κ3) is 3.26. The van der Waals surface area contributed by atoms with E-state index in [9.17, 15) is 14.7 Å². The average Bonchev–Trinajstić information content (AvgIpc) is 2.44. The van der Waals surface area contributed by atoms with E-state index in [4.69, 9.17) is 0 Å². The smallest absolute Gasteiger partial charge is 0.173 e. The standard InChI is InChI=1S/C21H30O3/c1-12(2)7-9-14-11-16-18(22)15(10-8-13(3)4)19(23)17(20(16)24)21(14,5)6/h7-8,14,16-17,22H,9-11H2,1-6H3/t14-,16+,17-/m0/s1. The highest BCUT2D eigenvalue weighted by molar-refractivity contribution is 6.15. The SMILES string of the molecule is CC(C)=CCC1=C(O)[C@H]2C[C@H](CC=C(C)C)C(C)(C)[C@@H](C1=O)C2=O. The summed E-state index contributed by atoms with van der Waals surface area (Å²) in [7, 11) is 0. The molecule has 0 aromatic heterocycles. The van der Waals surface area contributed by atoms with Crippen molar-refractivity contribution in [3.8, 4) is 0 Å². The molecule has 1 fully saturated rings. The molecular weight excluding hydrogens is 300 g/mol. The van der Waals surface area contributed by atoms with Crippen LogP contribution in [0.1, 0.15) is 60.8 Å². The van der Waals surface area contributed by atoms with Crippen molar-refractivity contribution in [2.45, 2.75) is 60.8 Å². The first-order chi connectivity index (χ1) is 11.1. The highest BCUT2D eigenvalue weighted by Crippen LogP contribution is 2.52. The van der Waals surface area contributed by atoms with Crippen LogP contribution in [0.5, 0.6) is 0 Å². The maximum absolute atomic E-state index is 13.0. The first-order valence-corrected chi connectivity index (χ1v) is 8.84. The van der Waals surface area contributed by atoms with Crippen LogP contribution >= 0.6 is 0 Å². The highest BCUT2D eigenvalue weighted by atomic mass is 16.3. The van der Waals surface area contributed by atoms with E-state index in [1.165, 1.54) is 5.57 Å². The van der Waals surface area contributed by atoms with E-state index >= 15 is 0 Å². The molecular formula is C21H30O3. The van der Waals surface area contributed by atoms with E-state index in [0.717, 1.165) is 12.0 Å². The van der Waals surface area contributed by atoms with Gasteiger partial charge in [-0.15, -0.1) is 0 Å². The van der Waals surface area contributed by atoms with Crippen LogP contribution in [0.15, 0.2) is 34.6 Å². The van der Waals surface area contributed by atoms with E-state index in [0.29, 0.717) is 18.4 Å². The van der Waals surface area contributed by atoms with Gasteiger partial charge in [-0.25, -0.2) is 0 Å². The number of carbonyl (C=O) groups is 2. The Morgan fingerprint density at radius 1 is 1.12 bits per heavy atom. The molecule has 2 aliphatic carbocycles. The Kier molecular flexibility index (Phi) is 5.22. The number of rotatable bonds is 4. The summed E-state index contributed by atoms with van der Waals surface area (Å²) >= 11 is 0. The Bertz CT molecular complexity index is 638. The average molecular weight is 330 g/mol. The summed E-state index contributed by atoms with van der Waals surface area (Å²) in [6.07, 6.45) is 6.01. The van der Waals surface area contributed by atoms with E-state index in [1.807, 2.05) is 33.8 Å². The monoisotopic (exact) mass is 330 g/mol. The Morgan fingerprint density at radius 3 is 2.25 bits per heavy atom. The quantitative estimate of drug-likeness (QED) is 0.586. The molecule has 0 heterocycles. The number of allylic oxidation sites excluding steroid dienone is 6. The fraction of sp³-hybridized carbons (Fsp3) is 0.619. The summed E-state index contributed by atoms with van der Waals surface area (Å²) in [6.45, 7) is 12.1. The molecule has 132 valence electrons. The molecule has 2 aliphatic rings. The lowest BCUT2D eigenvalue weighted by Gasteiger charge is -2.48. The molecule has 1 saturated carbocycles. The molecule has 3 nitrogen and oxygen atoms in total. The lowest BCUT2D eigenvalue weighted by Crippen LogP contribution is -2.53. The van der Waals surface area contributed by atoms with E-state index in [2.05, 4.69) is 19.9 Å². The van der Waals surface area contributed by atoms with Crippen molar-refractivity contribution in [3.63, 3.8) is 0 Å². The van der Waals surface area contributed by atoms with E-state index in [1.54, 1.807) is 0 Å². The Morgan fingerprint density at radius 2 is 1.71 bits per heavy atom. The number of ketones is 2. The van der Waals surface area contributed by atoms with Gasteiger partial charge in [0.1, 0.15) is 5.76 Å². The third-order valence-corrected chi connectivity index (χ3v) is 5.67. The number of hydrogen-bond donors (Lipinski definition) is 1. The van der Waals surface area contributed by atoms with Gasteiger partial charge >= 0.3 is 0 Å².